The van der Waals surface area contributed by atoms with Crippen molar-refractivity contribution in [2.45, 2.75) is 32.2 Å². The van der Waals surface area contributed by atoms with Gasteiger partial charge in [-0.1, -0.05) is 42.5 Å². The molecule has 1 N–H and O–H groups in total. The van der Waals surface area contributed by atoms with E-state index in [-0.39, 0.29) is 5.97 Å². The summed E-state index contributed by atoms with van der Waals surface area (Å²) in [5.41, 5.74) is 6.59. The summed E-state index contributed by atoms with van der Waals surface area (Å²) in [5, 5.41) is 6.66. The van der Waals surface area contributed by atoms with Crippen molar-refractivity contribution in [1.82, 2.24) is 9.88 Å². The molecule has 31 heavy (non-hydrogen) atoms. The van der Waals surface area contributed by atoms with Crippen molar-refractivity contribution < 1.29 is 9.53 Å². The average Bonchev–Trinajstić information content (AvgIpc) is 3.59. The molecule has 1 aliphatic carbocycles. The maximum absolute atomic E-state index is 13.0. The van der Waals surface area contributed by atoms with Gasteiger partial charge in [0.25, 0.3) is 0 Å². The Hall–Kier alpha value is -3.11. The molecule has 0 saturated heterocycles. The van der Waals surface area contributed by atoms with E-state index in [1.54, 1.807) is 0 Å². The molecule has 0 aliphatic heterocycles. The van der Waals surface area contributed by atoms with Gasteiger partial charge in [0, 0.05) is 30.2 Å². The van der Waals surface area contributed by atoms with Gasteiger partial charge >= 0.3 is 5.97 Å². The van der Waals surface area contributed by atoms with E-state index in [4.69, 9.17) is 4.74 Å². The van der Waals surface area contributed by atoms with Crippen molar-refractivity contribution in [3.63, 3.8) is 0 Å². The SMILES string of the molecule is CCOC(=O)c1c(CNC)n(C)c2cc(C3CC3)c(-c3cccc4ccccc34)cc12. The van der Waals surface area contributed by atoms with E-state index in [1.165, 1.54) is 40.3 Å². The highest BCUT2D eigenvalue weighted by molar-refractivity contribution is 6.09. The van der Waals surface area contributed by atoms with Crippen molar-refractivity contribution in [2.75, 3.05) is 13.7 Å². The quantitative estimate of drug-likeness (QED) is 0.409. The van der Waals surface area contributed by atoms with Gasteiger partial charge in [0.2, 0.25) is 0 Å². The molecular formula is C27H28N2O2. The minimum atomic E-state index is -0.249. The first-order chi connectivity index (χ1) is 15.1. The van der Waals surface area contributed by atoms with Gasteiger partial charge in [-0.05, 0) is 72.3 Å². The molecular weight excluding hydrogens is 384 g/mol. The Morgan fingerprint density at radius 1 is 1.06 bits per heavy atom. The molecule has 158 valence electrons. The standard InChI is InChI=1S/C27H28N2O2/c1-4-31-27(30)26-23-14-22(20-11-7-9-17-8-5-6-10-19(17)20)21(18-12-13-18)15-24(23)29(3)25(26)16-28-2/h5-11,14-15,18,28H,4,12-13,16H2,1-3H3. The number of carbonyl (C=O) groups excluding carboxylic acids is 1. The van der Waals surface area contributed by atoms with E-state index in [2.05, 4.69) is 64.5 Å². The molecule has 4 nitrogen and oxygen atoms in total. The molecule has 0 radical (unpaired) electrons. The van der Waals surface area contributed by atoms with Gasteiger partial charge in [0.05, 0.1) is 12.2 Å². The molecule has 5 rings (SSSR count). The number of benzene rings is 3. The van der Waals surface area contributed by atoms with Crippen LogP contribution in [0.3, 0.4) is 0 Å². The van der Waals surface area contributed by atoms with Crippen molar-refractivity contribution in [3.05, 3.63) is 71.4 Å². The van der Waals surface area contributed by atoms with Gasteiger partial charge in [-0.3, -0.25) is 0 Å². The maximum Gasteiger partial charge on any atom is 0.340 e. The fourth-order valence-electron chi connectivity index (χ4n) is 4.78. The monoisotopic (exact) mass is 412 g/mol. The number of ether oxygens (including phenoxy) is 1. The molecule has 4 aromatic rings. The number of aryl methyl sites for hydroxylation is 1. The Bertz CT molecular complexity index is 1290. The van der Waals surface area contributed by atoms with E-state index in [0.29, 0.717) is 24.6 Å². The normalized spacial score (nSPS) is 13.8. The molecule has 1 heterocycles. The number of rotatable bonds is 6. The number of nitrogens with zero attached hydrogens (tertiary/aromatic N) is 1. The molecule has 0 spiro atoms. The van der Waals surface area contributed by atoms with Gasteiger partial charge in [0.1, 0.15) is 0 Å². The van der Waals surface area contributed by atoms with E-state index < -0.39 is 0 Å². The first-order valence-corrected chi connectivity index (χ1v) is 11.1. The van der Waals surface area contributed by atoms with Crippen LogP contribution in [-0.4, -0.2) is 24.2 Å². The number of esters is 1. The number of aromatic nitrogens is 1. The van der Waals surface area contributed by atoms with Crippen LogP contribution in [0.25, 0.3) is 32.8 Å². The molecule has 1 fully saturated rings. The van der Waals surface area contributed by atoms with Crippen LogP contribution in [0.2, 0.25) is 0 Å². The summed E-state index contributed by atoms with van der Waals surface area (Å²) in [4.78, 5) is 13.0. The minimum absolute atomic E-state index is 0.249. The van der Waals surface area contributed by atoms with Gasteiger partial charge in [-0.15, -0.1) is 0 Å². The molecule has 0 atom stereocenters. The fourth-order valence-corrected chi connectivity index (χ4v) is 4.78. The summed E-state index contributed by atoms with van der Waals surface area (Å²) in [6.45, 7) is 2.83. The van der Waals surface area contributed by atoms with E-state index >= 15 is 0 Å². The lowest BCUT2D eigenvalue weighted by Crippen LogP contribution is -2.14. The molecule has 4 heteroatoms. The number of hydrogen-bond acceptors (Lipinski definition) is 3. The highest BCUT2D eigenvalue weighted by Crippen LogP contribution is 2.47. The Balaban J connectivity index is 1.83. The molecule has 1 aliphatic rings. The van der Waals surface area contributed by atoms with Crippen LogP contribution in [0.1, 0.15) is 47.3 Å². The number of nitrogens with one attached hydrogen (secondary N) is 1. The fraction of sp³-hybridized carbons (Fsp3) is 0.296. The number of carbonyl (C=O) groups is 1. The minimum Gasteiger partial charge on any atom is -0.462 e. The Morgan fingerprint density at radius 2 is 1.84 bits per heavy atom. The third-order valence-electron chi connectivity index (χ3n) is 6.41. The van der Waals surface area contributed by atoms with Crippen molar-refractivity contribution in [3.8, 4) is 11.1 Å². The van der Waals surface area contributed by atoms with Crippen LogP contribution in [-0.2, 0) is 18.3 Å². The highest BCUT2D eigenvalue weighted by Gasteiger charge is 2.30. The van der Waals surface area contributed by atoms with Gasteiger partial charge in [-0.25, -0.2) is 4.79 Å². The lowest BCUT2D eigenvalue weighted by atomic mass is 9.91. The second kappa shape index (κ2) is 7.86. The largest absolute Gasteiger partial charge is 0.462 e. The number of fused-ring (bicyclic) bond motifs is 2. The molecule has 0 amide bonds. The van der Waals surface area contributed by atoms with Crippen LogP contribution < -0.4 is 5.32 Å². The van der Waals surface area contributed by atoms with Crippen LogP contribution in [0, 0.1) is 0 Å². The molecule has 0 unspecified atom stereocenters. The Labute approximate surface area is 182 Å². The Kier molecular flexibility index (Phi) is 5.03. The molecule has 1 saturated carbocycles. The van der Waals surface area contributed by atoms with Crippen molar-refractivity contribution >= 4 is 27.6 Å². The topological polar surface area (TPSA) is 43.3 Å². The van der Waals surface area contributed by atoms with Crippen LogP contribution in [0.4, 0.5) is 0 Å². The third-order valence-corrected chi connectivity index (χ3v) is 6.41. The first-order valence-electron chi connectivity index (χ1n) is 11.1. The summed E-state index contributed by atoms with van der Waals surface area (Å²) in [5.74, 6) is 0.341. The predicted molar refractivity (Wildman–Crippen MR) is 127 cm³/mol. The zero-order valence-electron chi connectivity index (χ0n) is 18.4. The first kappa shape index (κ1) is 19.8. The van der Waals surface area contributed by atoms with E-state index in [9.17, 15) is 4.79 Å². The number of hydrogen-bond donors (Lipinski definition) is 1. The smallest absolute Gasteiger partial charge is 0.340 e. The van der Waals surface area contributed by atoms with Gasteiger partial charge < -0.3 is 14.6 Å². The zero-order chi connectivity index (χ0) is 21.5. The third kappa shape index (κ3) is 3.31. The molecule has 1 aromatic heterocycles. The second-order valence-electron chi connectivity index (χ2n) is 8.39. The van der Waals surface area contributed by atoms with Crippen LogP contribution >= 0.6 is 0 Å². The predicted octanol–water partition coefficient (Wildman–Crippen LogP) is 5.77. The highest BCUT2D eigenvalue weighted by atomic mass is 16.5. The molecule has 0 bridgehead atoms. The summed E-state index contributed by atoms with van der Waals surface area (Å²) in [7, 11) is 3.95. The lowest BCUT2D eigenvalue weighted by molar-refractivity contribution is 0.0527. The summed E-state index contributed by atoms with van der Waals surface area (Å²) in [6.07, 6.45) is 2.45. The zero-order valence-corrected chi connectivity index (χ0v) is 18.4. The lowest BCUT2D eigenvalue weighted by Gasteiger charge is -2.14. The molecule has 3 aromatic carbocycles. The summed E-state index contributed by atoms with van der Waals surface area (Å²) >= 11 is 0. The van der Waals surface area contributed by atoms with Crippen molar-refractivity contribution in [2.24, 2.45) is 7.05 Å². The average molecular weight is 413 g/mol. The summed E-state index contributed by atoms with van der Waals surface area (Å²) in [6, 6.07) is 19.6. The maximum atomic E-state index is 13.0. The van der Waals surface area contributed by atoms with E-state index in [1.807, 2.05) is 21.0 Å². The van der Waals surface area contributed by atoms with Gasteiger partial charge in [0.15, 0.2) is 0 Å². The Morgan fingerprint density at radius 3 is 2.58 bits per heavy atom. The second-order valence-corrected chi connectivity index (χ2v) is 8.39. The van der Waals surface area contributed by atoms with Gasteiger partial charge in [-0.2, -0.15) is 0 Å². The van der Waals surface area contributed by atoms with Crippen molar-refractivity contribution in [1.29, 1.82) is 0 Å². The van der Waals surface area contributed by atoms with Crippen LogP contribution in [0.5, 0.6) is 0 Å². The van der Waals surface area contributed by atoms with E-state index in [0.717, 1.165) is 16.6 Å². The van der Waals surface area contributed by atoms with Crippen LogP contribution in [0.15, 0.2) is 54.6 Å². The summed E-state index contributed by atoms with van der Waals surface area (Å²) < 4.78 is 7.61.